The van der Waals surface area contributed by atoms with Crippen molar-refractivity contribution in [3.63, 3.8) is 0 Å². The highest BCUT2D eigenvalue weighted by Crippen LogP contribution is 1.96. The Kier molecular flexibility index (Phi) is 12.0. The molecule has 0 heterocycles. The van der Waals surface area contributed by atoms with Gasteiger partial charge in [0, 0.05) is 0 Å². The van der Waals surface area contributed by atoms with E-state index in [0.29, 0.717) is 0 Å². The van der Waals surface area contributed by atoms with Crippen molar-refractivity contribution in [3.8, 4) is 0 Å². The molecule has 1 rings (SSSR count). The average Bonchev–Trinajstić information content (AvgIpc) is 2.46. The Labute approximate surface area is 119 Å². The van der Waals surface area contributed by atoms with E-state index < -0.39 is 12.3 Å². The molecule has 0 saturated heterocycles. The van der Waals surface area contributed by atoms with Gasteiger partial charge >= 0.3 is 12.3 Å². The highest BCUT2D eigenvalue weighted by Gasteiger charge is 2.11. The summed E-state index contributed by atoms with van der Waals surface area (Å²) < 4.78 is 13.1. The molecule has 20 heavy (non-hydrogen) atoms. The molecule has 0 atom stereocenters. The van der Waals surface area contributed by atoms with Gasteiger partial charge in [-0.25, -0.2) is 9.59 Å². The Morgan fingerprint density at radius 1 is 0.800 bits per heavy atom. The Morgan fingerprint density at radius 3 is 1.75 bits per heavy atom. The summed E-state index contributed by atoms with van der Waals surface area (Å²) in [5.41, 5.74) is 0. The van der Waals surface area contributed by atoms with Crippen LogP contribution < -0.4 is 0 Å². The van der Waals surface area contributed by atoms with Gasteiger partial charge in [-0.2, -0.15) is 0 Å². The summed E-state index contributed by atoms with van der Waals surface area (Å²) in [5, 5.41) is 0. The summed E-state index contributed by atoms with van der Waals surface area (Å²) >= 11 is 0. The third-order valence-corrected chi connectivity index (χ3v) is 2.06. The molecule has 0 aliphatic rings. The van der Waals surface area contributed by atoms with Crippen LogP contribution in [-0.4, -0.2) is 25.5 Å². The summed E-state index contributed by atoms with van der Waals surface area (Å²) in [5.74, 6) is 0. The molecule has 0 saturated carbocycles. The van der Waals surface area contributed by atoms with Crippen molar-refractivity contribution in [1.29, 1.82) is 0 Å². The number of benzene rings is 1. The second-order valence-electron chi connectivity index (χ2n) is 3.75. The van der Waals surface area contributed by atoms with Crippen LogP contribution in [0.1, 0.15) is 33.1 Å². The smallest absolute Gasteiger partial charge is 0.434 e. The molecule has 0 aliphatic carbocycles. The van der Waals surface area contributed by atoms with E-state index >= 15 is 0 Å². The normalized spacial score (nSPS) is 8.90. The van der Waals surface area contributed by atoms with Crippen LogP contribution in [0.3, 0.4) is 0 Å². The molecular formula is C15H22O5. The lowest BCUT2D eigenvalue weighted by Crippen LogP contribution is -2.15. The van der Waals surface area contributed by atoms with E-state index in [4.69, 9.17) is 0 Å². The monoisotopic (exact) mass is 282 g/mol. The molecule has 0 unspecified atom stereocenters. The van der Waals surface area contributed by atoms with Gasteiger partial charge in [0.15, 0.2) is 0 Å². The lowest BCUT2D eigenvalue weighted by atomic mass is 10.3. The summed E-state index contributed by atoms with van der Waals surface area (Å²) in [6, 6.07) is 12.0. The van der Waals surface area contributed by atoms with E-state index in [1.807, 2.05) is 43.3 Å². The van der Waals surface area contributed by atoms with Gasteiger partial charge in [-0.05, 0) is 13.3 Å². The van der Waals surface area contributed by atoms with Crippen molar-refractivity contribution in [1.82, 2.24) is 0 Å². The van der Waals surface area contributed by atoms with Crippen molar-refractivity contribution in [3.05, 3.63) is 36.4 Å². The largest absolute Gasteiger partial charge is 0.518 e. The predicted octanol–water partition coefficient (Wildman–Crippen LogP) is 4.17. The Balaban J connectivity index is 0.000000493. The molecule has 0 aliphatic heterocycles. The maximum atomic E-state index is 10.7. The Bertz CT molecular complexity index is 324. The summed E-state index contributed by atoms with van der Waals surface area (Å²) in [7, 11) is 0. The maximum Gasteiger partial charge on any atom is 0.518 e. The standard InChI is InChI=1S/C9H16O5.C6H6/c1-3-5-6-7-13-9(11)14-8(10)12-4-2;1-2-4-6-5-3-1/h3-7H2,1-2H3;1-6H. The van der Waals surface area contributed by atoms with Crippen molar-refractivity contribution in [2.75, 3.05) is 13.2 Å². The molecular weight excluding hydrogens is 260 g/mol. The maximum absolute atomic E-state index is 10.7. The lowest BCUT2D eigenvalue weighted by molar-refractivity contribution is 0.0381. The number of carbonyl (C=O) groups excluding carboxylic acids is 2. The number of unbranched alkanes of at least 4 members (excludes halogenated alkanes) is 2. The first-order valence-corrected chi connectivity index (χ1v) is 6.72. The van der Waals surface area contributed by atoms with Crippen LogP contribution in [0.5, 0.6) is 0 Å². The molecule has 5 heteroatoms. The third kappa shape index (κ3) is 12.4. The van der Waals surface area contributed by atoms with E-state index in [0.717, 1.165) is 19.3 Å². The number of ether oxygens (including phenoxy) is 3. The number of hydrogen-bond acceptors (Lipinski definition) is 5. The molecule has 112 valence electrons. The minimum Gasteiger partial charge on any atom is -0.434 e. The second kappa shape index (κ2) is 13.4. The van der Waals surface area contributed by atoms with Crippen LogP contribution in [-0.2, 0) is 14.2 Å². The van der Waals surface area contributed by atoms with Crippen molar-refractivity contribution in [2.45, 2.75) is 33.1 Å². The van der Waals surface area contributed by atoms with E-state index in [1.54, 1.807) is 6.92 Å². The summed E-state index contributed by atoms with van der Waals surface area (Å²) in [6.45, 7) is 4.10. The van der Waals surface area contributed by atoms with Gasteiger partial charge in [0.05, 0.1) is 13.2 Å². The van der Waals surface area contributed by atoms with E-state index in [1.165, 1.54) is 0 Å². The first-order chi connectivity index (χ1) is 9.70. The predicted molar refractivity (Wildman–Crippen MR) is 75.4 cm³/mol. The highest BCUT2D eigenvalue weighted by atomic mass is 16.8. The van der Waals surface area contributed by atoms with Crippen LogP contribution in [0.4, 0.5) is 9.59 Å². The molecule has 0 N–H and O–H groups in total. The molecule has 0 bridgehead atoms. The van der Waals surface area contributed by atoms with E-state index in [9.17, 15) is 9.59 Å². The van der Waals surface area contributed by atoms with Gasteiger partial charge in [-0.1, -0.05) is 56.2 Å². The van der Waals surface area contributed by atoms with Gasteiger partial charge < -0.3 is 14.2 Å². The van der Waals surface area contributed by atoms with Crippen molar-refractivity contribution < 1.29 is 23.8 Å². The molecule has 0 fully saturated rings. The molecule has 1 aromatic carbocycles. The van der Waals surface area contributed by atoms with E-state index in [-0.39, 0.29) is 13.2 Å². The number of carbonyl (C=O) groups is 2. The molecule has 0 spiro atoms. The highest BCUT2D eigenvalue weighted by molar-refractivity contribution is 5.76. The van der Waals surface area contributed by atoms with Crippen LogP contribution >= 0.6 is 0 Å². The zero-order chi connectivity index (χ0) is 15.1. The van der Waals surface area contributed by atoms with Gasteiger partial charge in [0.2, 0.25) is 0 Å². The van der Waals surface area contributed by atoms with Gasteiger partial charge in [0.1, 0.15) is 0 Å². The minimum absolute atomic E-state index is 0.169. The molecule has 0 amide bonds. The third-order valence-electron chi connectivity index (χ3n) is 2.06. The van der Waals surface area contributed by atoms with Crippen molar-refractivity contribution in [2.24, 2.45) is 0 Å². The fraction of sp³-hybridized carbons (Fsp3) is 0.467. The Morgan fingerprint density at radius 2 is 1.30 bits per heavy atom. The zero-order valence-electron chi connectivity index (χ0n) is 12.0. The number of rotatable bonds is 5. The fourth-order valence-corrected chi connectivity index (χ4v) is 1.14. The van der Waals surface area contributed by atoms with Gasteiger partial charge in [-0.3, -0.25) is 0 Å². The molecule has 5 nitrogen and oxygen atoms in total. The van der Waals surface area contributed by atoms with Gasteiger partial charge in [0.25, 0.3) is 0 Å². The fourth-order valence-electron chi connectivity index (χ4n) is 1.14. The molecule has 1 aromatic rings. The molecule has 0 radical (unpaired) electrons. The lowest BCUT2D eigenvalue weighted by Gasteiger charge is -2.03. The average molecular weight is 282 g/mol. The van der Waals surface area contributed by atoms with Crippen LogP contribution in [0.2, 0.25) is 0 Å². The quantitative estimate of drug-likeness (QED) is 0.460. The van der Waals surface area contributed by atoms with Crippen molar-refractivity contribution >= 4 is 12.3 Å². The minimum atomic E-state index is -1.02. The van der Waals surface area contributed by atoms with Crippen LogP contribution in [0.25, 0.3) is 0 Å². The van der Waals surface area contributed by atoms with Gasteiger partial charge in [-0.15, -0.1) is 0 Å². The summed E-state index contributed by atoms with van der Waals surface area (Å²) in [4.78, 5) is 21.3. The van der Waals surface area contributed by atoms with Crippen LogP contribution in [0.15, 0.2) is 36.4 Å². The topological polar surface area (TPSA) is 61.8 Å². The van der Waals surface area contributed by atoms with E-state index in [2.05, 4.69) is 14.2 Å². The SMILES string of the molecule is CCCCCOC(=O)OC(=O)OCC.c1ccccc1. The second-order valence-corrected chi connectivity index (χ2v) is 3.75. The summed E-state index contributed by atoms with van der Waals surface area (Å²) in [6.07, 6.45) is 0.768. The first-order valence-electron chi connectivity index (χ1n) is 6.72. The molecule has 0 aromatic heterocycles. The zero-order valence-corrected chi connectivity index (χ0v) is 12.0. The van der Waals surface area contributed by atoms with Crippen LogP contribution in [0, 0.1) is 0 Å². The first kappa shape index (κ1) is 18.0. The number of hydrogen-bond donors (Lipinski definition) is 0. The Hall–Kier alpha value is -2.04.